The molecule has 7 nitrogen and oxygen atoms in total. The average molecular weight is 316 g/mol. The second-order valence-electron chi connectivity index (χ2n) is 6.77. The van der Waals surface area contributed by atoms with Crippen LogP contribution in [0.15, 0.2) is 18.6 Å². The molecule has 0 saturated carbocycles. The van der Waals surface area contributed by atoms with Gasteiger partial charge in [0.25, 0.3) is 5.91 Å². The number of rotatable bonds is 4. The Labute approximate surface area is 136 Å². The molecule has 2 aromatic heterocycles. The van der Waals surface area contributed by atoms with Crippen LogP contribution in [-0.2, 0) is 12.0 Å². The van der Waals surface area contributed by atoms with Crippen LogP contribution in [0.25, 0.3) is 0 Å². The van der Waals surface area contributed by atoms with Gasteiger partial charge in [0, 0.05) is 38.4 Å². The minimum Gasteiger partial charge on any atom is -0.348 e. The van der Waals surface area contributed by atoms with Crippen molar-refractivity contribution in [1.29, 1.82) is 0 Å². The summed E-state index contributed by atoms with van der Waals surface area (Å²) >= 11 is 0. The molecule has 1 saturated heterocycles. The van der Waals surface area contributed by atoms with Crippen molar-refractivity contribution in [3.63, 3.8) is 0 Å². The van der Waals surface area contributed by atoms with Crippen molar-refractivity contribution in [1.82, 2.24) is 30.0 Å². The number of H-pyrrole nitrogens is 2. The fraction of sp³-hybridized carbons (Fsp3) is 0.562. The average Bonchev–Trinajstić information content (AvgIpc) is 3.17. The van der Waals surface area contributed by atoms with Crippen molar-refractivity contribution in [2.24, 2.45) is 0 Å². The molecule has 3 heterocycles. The summed E-state index contributed by atoms with van der Waals surface area (Å²) in [6.45, 7) is 4.93. The van der Waals surface area contributed by atoms with Crippen LogP contribution in [0.2, 0.25) is 0 Å². The number of carbonyl (C=O) groups excluding carboxylic acids is 1. The van der Waals surface area contributed by atoms with Gasteiger partial charge in [-0.15, -0.1) is 0 Å². The first kappa shape index (κ1) is 15.7. The minimum atomic E-state index is -0.109. The molecular formula is C16H24N6O. The number of imidazole rings is 1. The van der Waals surface area contributed by atoms with Crippen LogP contribution in [-0.4, -0.2) is 63.1 Å². The molecule has 0 unspecified atom stereocenters. The first-order chi connectivity index (χ1) is 11.0. The van der Waals surface area contributed by atoms with E-state index >= 15 is 0 Å². The summed E-state index contributed by atoms with van der Waals surface area (Å²) in [5.74, 6) is 0.974. The number of nitrogens with zero attached hydrogens (tertiary/aromatic N) is 4. The summed E-state index contributed by atoms with van der Waals surface area (Å²) in [4.78, 5) is 23.8. The molecule has 0 radical (unpaired) electrons. The van der Waals surface area contributed by atoms with E-state index in [9.17, 15) is 4.79 Å². The number of amides is 1. The van der Waals surface area contributed by atoms with Crippen molar-refractivity contribution in [3.05, 3.63) is 35.7 Å². The number of nitrogens with one attached hydrogen (secondary N) is 2. The van der Waals surface area contributed by atoms with Gasteiger partial charge in [-0.05, 0) is 19.4 Å². The summed E-state index contributed by atoms with van der Waals surface area (Å²) in [5, 5.41) is 7.22. The van der Waals surface area contributed by atoms with Gasteiger partial charge >= 0.3 is 0 Å². The maximum atomic E-state index is 12.4. The fourth-order valence-corrected chi connectivity index (χ4v) is 3.43. The van der Waals surface area contributed by atoms with Crippen LogP contribution >= 0.6 is 0 Å². The topological polar surface area (TPSA) is 80.9 Å². The Kier molecular flexibility index (Phi) is 4.21. The van der Waals surface area contributed by atoms with Crippen LogP contribution in [0, 0.1) is 0 Å². The zero-order chi connectivity index (χ0) is 16.4. The molecule has 7 heteroatoms. The molecule has 23 heavy (non-hydrogen) atoms. The second-order valence-corrected chi connectivity index (χ2v) is 6.77. The monoisotopic (exact) mass is 316 g/mol. The van der Waals surface area contributed by atoms with E-state index in [1.54, 1.807) is 31.4 Å². The van der Waals surface area contributed by atoms with E-state index in [1.165, 1.54) is 0 Å². The lowest BCUT2D eigenvalue weighted by Crippen LogP contribution is -2.45. The summed E-state index contributed by atoms with van der Waals surface area (Å²) in [6, 6.07) is 0. The summed E-state index contributed by atoms with van der Waals surface area (Å²) < 4.78 is 0. The molecule has 1 amide bonds. The van der Waals surface area contributed by atoms with Gasteiger partial charge in [-0.3, -0.25) is 14.8 Å². The number of carbonyl (C=O) groups is 1. The predicted octanol–water partition coefficient (Wildman–Crippen LogP) is 1.39. The van der Waals surface area contributed by atoms with Gasteiger partial charge in [-0.1, -0.05) is 6.92 Å². The highest BCUT2D eigenvalue weighted by Gasteiger charge is 2.37. The molecule has 1 atom stereocenters. The van der Waals surface area contributed by atoms with E-state index in [-0.39, 0.29) is 11.3 Å². The van der Waals surface area contributed by atoms with Crippen molar-refractivity contribution < 1.29 is 4.79 Å². The van der Waals surface area contributed by atoms with Gasteiger partial charge in [0.1, 0.15) is 5.82 Å². The molecule has 0 aliphatic carbocycles. The molecule has 3 rings (SSSR count). The summed E-state index contributed by atoms with van der Waals surface area (Å²) in [5.41, 5.74) is 1.51. The number of aromatic nitrogens is 4. The molecular weight excluding hydrogens is 292 g/mol. The summed E-state index contributed by atoms with van der Waals surface area (Å²) in [6.07, 6.45) is 7.40. The van der Waals surface area contributed by atoms with E-state index in [2.05, 4.69) is 32.0 Å². The Morgan fingerprint density at radius 3 is 3.00 bits per heavy atom. The SMILES string of the molecule is CN(C)C(=O)c1cn[nH]c1[C@@]1(C)CCCN(Cc2ncc[nH]2)C1. The highest BCUT2D eigenvalue weighted by molar-refractivity contribution is 5.95. The first-order valence-electron chi connectivity index (χ1n) is 7.96. The number of aromatic amines is 2. The van der Waals surface area contributed by atoms with Crippen molar-refractivity contribution in [2.45, 2.75) is 31.7 Å². The first-order valence-corrected chi connectivity index (χ1v) is 7.96. The maximum Gasteiger partial charge on any atom is 0.256 e. The van der Waals surface area contributed by atoms with Gasteiger partial charge in [-0.2, -0.15) is 5.10 Å². The normalized spacial score (nSPS) is 22.2. The molecule has 1 aliphatic rings. The molecule has 2 aromatic rings. The molecule has 0 bridgehead atoms. The highest BCUT2D eigenvalue weighted by Crippen LogP contribution is 2.35. The predicted molar refractivity (Wildman–Crippen MR) is 87.1 cm³/mol. The minimum absolute atomic E-state index is 0.00173. The lowest BCUT2D eigenvalue weighted by Gasteiger charge is -2.40. The maximum absolute atomic E-state index is 12.4. The van der Waals surface area contributed by atoms with E-state index in [0.29, 0.717) is 5.56 Å². The Balaban J connectivity index is 1.81. The molecule has 0 spiro atoms. The number of hydrogen-bond acceptors (Lipinski definition) is 4. The van der Waals surface area contributed by atoms with Crippen molar-refractivity contribution in [2.75, 3.05) is 27.2 Å². The molecule has 1 aliphatic heterocycles. The van der Waals surface area contributed by atoms with E-state index in [0.717, 1.165) is 44.0 Å². The zero-order valence-corrected chi connectivity index (χ0v) is 14.0. The second kappa shape index (κ2) is 6.16. The van der Waals surface area contributed by atoms with Gasteiger partial charge in [0.2, 0.25) is 0 Å². The van der Waals surface area contributed by atoms with E-state index in [4.69, 9.17) is 0 Å². The molecule has 2 N–H and O–H groups in total. The Bertz CT molecular complexity index is 662. The van der Waals surface area contributed by atoms with Crippen LogP contribution < -0.4 is 0 Å². The van der Waals surface area contributed by atoms with Gasteiger partial charge in [-0.25, -0.2) is 4.98 Å². The molecule has 0 aromatic carbocycles. The largest absolute Gasteiger partial charge is 0.348 e. The number of piperidine rings is 1. The standard InChI is InChI=1S/C16H24N6O/c1-16(14-12(9-19-20-14)15(23)21(2)3)5-4-8-22(11-16)10-13-17-6-7-18-13/h6-7,9H,4-5,8,10-11H2,1-3H3,(H,17,18)(H,19,20)/t16-/m0/s1. The third-order valence-corrected chi connectivity index (χ3v) is 4.58. The van der Waals surface area contributed by atoms with Gasteiger partial charge in [0.05, 0.1) is 24.0 Å². The highest BCUT2D eigenvalue weighted by atomic mass is 16.2. The van der Waals surface area contributed by atoms with Crippen LogP contribution in [0.1, 0.15) is 41.6 Å². The van der Waals surface area contributed by atoms with Crippen molar-refractivity contribution >= 4 is 5.91 Å². The smallest absolute Gasteiger partial charge is 0.256 e. The van der Waals surface area contributed by atoms with E-state index < -0.39 is 0 Å². The Morgan fingerprint density at radius 2 is 2.30 bits per heavy atom. The number of hydrogen-bond donors (Lipinski definition) is 2. The third-order valence-electron chi connectivity index (χ3n) is 4.58. The van der Waals surface area contributed by atoms with Crippen LogP contribution in [0.4, 0.5) is 0 Å². The Hall–Kier alpha value is -2.15. The van der Waals surface area contributed by atoms with Crippen molar-refractivity contribution in [3.8, 4) is 0 Å². The zero-order valence-electron chi connectivity index (χ0n) is 14.0. The van der Waals surface area contributed by atoms with Gasteiger partial charge < -0.3 is 9.88 Å². The fourth-order valence-electron chi connectivity index (χ4n) is 3.43. The van der Waals surface area contributed by atoms with Gasteiger partial charge in [0.15, 0.2) is 0 Å². The number of likely N-dealkylation sites (tertiary alicyclic amines) is 1. The lowest BCUT2D eigenvalue weighted by molar-refractivity contribution is 0.0820. The molecule has 124 valence electrons. The Morgan fingerprint density at radius 1 is 1.48 bits per heavy atom. The molecule has 1 fully saturated rings. The van der Waals surface area contributed by atoms with E-state index in [1.807, 2.05) is 6.20 Å². The van der Waals surface area contributed by atoms with Crippen LogP contribution in [0.3, 0.4) is 0 Å². The third kappa shape index (κ3) is 3.14. The summed E-state index contributed by atoms with van der Waals surface area (Å²) in [7, 11) is 3.54. The van der Waals surface area contributed by atoms with Crippen LogP contribution in [0.5, 0.6) is 0 Å². The quantitative estimate of drug-likeness (QED) is 0.893. The lowest BCUT2D eigenvalue weighted by atomic mass is 9.77.